The topological polar surface area (TPSA) is 44.4 Å². The Bertz CT molecular complexity index is 478. The van der Waals surface area contributed by atoms with Crippen LogP contribution in [0.3, 0.4) is 0 Å². The van der Waals surface area contributed by atoms with Crippen molar-refractivity contribution in [3.8, 4) is 0 Å². The number of hydrogen-bond acceptors (Lipinski definition) is 3. The van der Waals surface area contributed by atoms with Gasteiger partial charge in [-0.05, 0) is 53.5 Å². The molecule has 0 spiro atoms. The zero-order valence-corrected chi connectivity index (χ0v) is 13.7. The molecule has 1 unspecified atom stereocenters. The Labute approximate surface area is 129 Å². The average Bonchev–Trinajstić information content (AvgIpc) is 2.43. The Morgan fingerprint density at radius 3 is 3.00 bits per heavy atom. The minimum Gasteiger partial charge on any atom is -0.357 e. The predicted molar refractivity (Wildman–Crippen MR) is 86.0 cm³/mol. The van der Waals surface area contributed by atoms with Crippen LogP contribution in [-0.4, -0.2) is 31.6 Å². The maximum atomic E-state index is 11.8. The number of carbonyl (C=O) groups excluding carboxylic acids is 1. The lowest BCUT2D eigenvalue weighted by molar-refractivity contribution is -0.122. The van der Waals surface area contributed by atoms with Crippen molar-refractivity contribution in [3.63, 3.8) is 0 Å². The summed E-state index contributed by atoms with van der Waals surface area (Å²) >= 11 is 3.64. The van der Waals surface area contributed by atoms with Crippen LogP contribution in [0, 0.1) is 0 Å². The molecule has 0 bridgehead atoms. The molecule has 1 aromatic rings. The third-order valence-corrected chi connectivity index (χ3v) is 4.21. The van der Waals surface area contributed by atoms with E-state index in [-0.39, 0.29) is 11.9 Å². The first-order valence-electron chi connectivity index (χ1n) is 7.17. The number of nitrogens with one attached hydrogen (secondary N) is 2. The van der Waals surface area contributed by atoms with Crippen molar-refractivity contribution in [2.24, 2.45) is 0 Å². The monoisotopic (exact) mass is 339 g/mol. The minimum atomic E-state index is -0.121. The highest BCUT2D eigenvalue weighted by molar-refractivity contribution is 9.10. The van der Waals surface area contributed by atoms with Crippen molar-refractivity contribution < 1.29 is 4.79 Å². The van der Waals surface area contributed by atoms with Crippen LogP contribution in [0.15, 0.2) is 22.7 Å². The van der Waals surface area contributed by atoms with E-state index < -0.39 is 0 Å². The second-order valence-corrected chi connectivity index (χ2v) is 5.98. The van der Waals surface area contributed by atoms with Crippen LogP contribution in [0.5, 0.6) is 0 Å². The molecule has 2 rings (SSSR count). The molecule has 2 N–H and O–H groups in total. The fraction of sp³-hybridized carbons (Fsp3) is 0.533. The van der Waals surface area contributed by atoms with Crippen molar-refractivity contribution in [2.75, 3.05) is 24.5 Å². The van der Waals surface area contributed by atoms with E-state index in [0.717, 1.165) is 36.2 Å². The molecule has 20 heavy (non-hydrogen) atoms. The number of nitrogens with zero attached hydrogens (tertiary/aromatic N) is 1. The number of piperazine rings is 1. The van der Waals surface area contributed by atoms with Gasteiger partial charge >= 0.3 is 0 Å². The molecule has 5 heteroatoms. The number of benzene rings is 1. The van der Waals surface area contributed by atoms with Crippen LogP contribution in [0.2, 0.25) is 0 Å². The SMILES string of the molecule is CCCNCc1ccc(N2CCNC(=O)C2C)c(Br)c1. The largest absolute Gasteiger partial charge is 0.357 e. The third-order valence-electron chi connectivity index (χ3n) is 3.58. The Hall–Kier alpha value is -1.07. The molecule has 0 saturated carbocycles. The number of carbonyl (C=O) groups is 1. The van der Waals surface area contributed by atoms with Crippen molar-refractivity contribution >= 4 is 27.5 Å². The maximum absolute atomic E-state index is 11.8. The summed E-state index contributed by atoms with van der Waals surface area (Å²) in [6.45, 7) is 7.56. The van der Waals surface area contributed by atoms with Crippen LogP contribution >= 0.6 is 15.9 Å². The standard InChI is InChI=1S/C15H22BrN3O/c1-3-6-17-10-12-4-5-14(13(16)9-12)19-8-7-18-15(20)11(19)2/h4-5,9,11,17H,3,6-8,10H2,1-2H3,(H,18,20). The molecule has 0 aliphatic carbocycles. The van der Waals surface area contributed by atoms with Gasteiger partial charge in [0.2, 0.25) is 5.91 Å². The minimum absolute atomic E-state index is 0.0943. The lowest BCUT2D eigenvalue weighted by atomic mass is 10.1. The lowest BCUT2D eigenvalue weighted by Gasteiger charge is -2.35. The summed E-state index contributed by atoms with van der Waals surface area (Å²) in [4.78, 5) is 13.9. The number of anilines is 1. The summed E-state index contributed by atoms with van der Waals surface area (Å²) in [7, 11) is 0. The van der Waals surface area contributed by atoms with Gasteiger partial charge in [-0.25, -0.2) is 0 Å². The van der Waals surface area contributed by atoms with Crippen LogP contribution in [0.1, 0.15) is 25.8 Å². The van der Waals surface area contributed by atoms with Gasteiger partial charge in [0, 0.05) is 24.1 Å². The second kappa shape index (κ2) is 7.09. The second-order valence-electron chi connectivity index (χ2n) is 5.12. The molecule has 1 atom stereocenters. The highest BCUT2D eigenvalue weighted by Crippen LogP contribution is 2.29. The molecule has 4 nitrogen and oxygen atoms in total. The van der Waals surface area contributed by atoms with E-state index in [0.29, 0.717) is 6.54 Å². The molecule has 0 radical (unpaired) electrons. The van der Waals surface area contributed by atoms with Gasteiger partial charge in [0.25, 0.3) is 0 Å². The van der Waals surface area contributed by atoms with E-state index in [1.165, 1.54) is 5.56 Å². The average molecular weight is 340 g/mol. The molecule has 1 amide bonds. The summed E-state index contributed by atoms with van der Waals surface area (Å²) in [6.07, 6.45) is 1.14. The fourth-order valence-electron chi connectivity index (χ4n) is 2.41. The fourth-order valence-corrected chi connectivity index (χ4v) is 3.07. The zero-order chi connectivity index (χ0) is 14.5. The number of hydrogen-bond donors (Lipinski definition) is 2. The van der Waals surface area contributed by atoms with E-state index in [1.807, 2.05) is 6.92 Å². The van der Waals surface area contributed by atoms with Gasteiger partial charge in [0.1, 0.15) is 6.04 Å². The quantitative estimate of drug-likeness (QED) is 0.809. The Kier molecular flexibility index (Phi) is 5.43. The van der Waals surface area contributed by atoms with E-state index in [4.69, 9.17) is 0 Å². The van der Waals surface area contributed by atoms with Crippen molar-refractivity contribution in [1.29, 1.82) is 0 Å². The molecular weight excluding hydrogens is 318 g/mol. The predicted octanol–water partition coefficient (Wildman–Crippen LogP) is 2.27. The summed E-state index contributed by atoms with van der Waals surface area (Å²) in [6, 6.07) is 6.24. The first-order chi connectivity index (χ1) is 9.63. The normalized spacial score (nSPS) is 19.1. The van der Waals surface area contributed by atoms with Gasteiger partial charge in [-0.2, -0.15) is 0 Å². The molecule has 0 aromatic heterocycles. The highest BCUT2D eigenvalue weighted by atomic mass is 79.9. The Morgan fingerprint density at radius 1 is 1.50 bits per heavy atom. The van der Waals surface area contributed by atoms with Crippen molar-refractivity contribution in [1.82, 2.24) is 10.6 Å². The molecule has 1 saturated heterocycles. The molecule has 1 aliphatic rings. The van der Waals surface area contributed by atoms with Crippen LogP contribution < -0.4 is 15.5 Å². The summed E-state index contributed by atoms with van der Waals surface area (Å²) in [5, 5.41) is 6.29. The third kappa shape index (κ3) is 3.52. The van der Waals surface area contributed by atoms with Gasteiger partial charge in [-0.3, -0.25) is 4.79 Å². The number of rotatable bonds is 5. The van der Waals surface area contributed by atoms with Gasteiger partial charge in [0.05, 0.1) is 5.69 Å². The highest BCUT2D eigenvalue weighted by Gasteiger charge is 2.26. The number of amides is 1. The van der Waals surface area contributed by atoms with E-state index in [1.54, 1.807) is 0 Å². The van der Waals surface area contributed by atoms with Crippen LogP contribution in [-0.2, 0) is 11.3 Å². The van der Waals surface area contributed by atoms with Gasteiger partial charge in [-0.15, -0.1) is 0 Å². The maximum Gasteiger partial charge on any atom is 0.242 e. The van der Waals surface area contributed by atoms with Gasteiger partial charge in [-0.1, -0.05) is 13.0 Å². The summed E-state index contributed by atoms with van der Waals surface area (Å²) in [5.41, 5.74) is 2.34. The van der Waals surface area contributed by atoms with Crippen LogP contribution in [0.4, 0.5) is 5.69 Å². The molecule has 1 fully saturated rings. The zero-order valence-electron chi connectivity index (χ0n) is 12.1. The lowest BCUT2D eigenvalue weighted by Crippen LogP contribution is -2.54. The Balaban J connectivity index is 2.10. The molecular formula is C15H22BrN3O. The summed E-state index contributed by atoms with van der Waals surface area (Å²) < 4.78 is 1.05. The van der Waals surface area contributed by atoms with E-state index >= 15 is 0 Å². The van der Waals surface area contributed by atoms with Crippen molar-refractivity contribution in [3.05, 3.63) is 28.2 Å². The molecule has 1 aliphatic heterocycles. The number of halogens is 1. The first kappa shape index (κ1) is 15.3. The molecule has 110 valence electrons. The smallest absolute Gasteiger partial charge is 0.242 e. The molecule has 1 aromatic carbocycles. The van der Waals surface area contributed by atoms with Gasteiger partial charge in [0.15, 0.2) is 0 Å². The van der Waals surface area contributed by atoms with Gasteiger partial charge < -0.3 is 15.5 Å². The van der Waals surface area contributed by atoms with Crippen molar-refractivity contribution in [2.45, 2.75) is 32.9 Å². The summed E-state index contributed by atoms with van der Waals surface area (Å²) in [5.74, 6) is 0.0943. The van der Waals surface area contributed by atoms with E-state index in [9.17, 15) is 4.79 Å². The van der Waals surface area contributed by atoms with E-state index in [2.05, 4.69) is 56.6 Å². The first-order valence-corrected chi connectivity index (χ1v) is 7.96. The van der Waals surface area contributed by atoms with Crippen LogP contribution in [0.25, 0.3) is 0 Å². The molecule has 1 heterocycles. The Morgan fingerprint density at radius 2 is 2.30 bits per heavy atom.